The van der Waals surface area contributed by atoms with Gasteiger partial charge in [-0.3, -0.25) is 0 Å². The normalized spacial score (nSPS) is 14.2. The molecule has 2 N–H and O–H groups in total. The van der Waals surface area contributed by atoms with Crippen LogP contribution in [0.15, 0.2) is 60.7 Å². The molecule has 2 atom stereocenters. The molecule has 0 bridgehead atoms. The lowest BCUT2D eigenvalue weighted by Crippen LogP contribution is -2.57. The van der Waals surface area contributed by atoms with Crippen LogP contribution < -0.4 is 15.7 Å². The van der Waals surface area contributed by atoms with Crippen molar-refractivity contribution < 1.29 is 19.1 Å². The average molecular weight is 444 g/mol. The van der Waals surface area contributed by atoms with Gasteiger partial charge in [-0.05, 0) is 43.0 Å². The van der Waals surface area contributed by atoms with E-state index in [2.05, 4.69) is 50.4 Å². The Bertz CT molecular complexity index is 760. The molecule has 0 aliphatic carbocycles. The summed E-state index contributed by atoms with van der Waals surface area (Å²) in [5.41, 5.74) is -0.874. The molecule has 0 saturated carbocycles. The van der Waals surface area contributed by atoms with Crippen LogP contribution in [0.5, 0.6) is 0 Å². The van der Waals surface area contributed by atoms with Crippen molar-refractivity contribution in [1.29, 1.82) is 0 Å². The molecule has 5 nitrogen and oxygen atoms in total. The lowest BCUT2D eigenvalue weighted by Gasteiger charge is -2.40. The van der Waals surface area contributed by atoms with Gasteiger partial charge in [-0.25, -0.2) is 4.79 Å². The summed E-state index contributed by atoms with van der Waals surface area (Å²) in [7, 11) is -2.05. The Morgan fingerprint density at radius 3 is 1.81 bits per heavy atom. The highest BCUT2D eigenvalue weighted by atomic mass is 28.3. The summed E-state index contributed by atoms with van der Waals surface area (Å²) in [4.78, 5) is 12.5. The zero-order valence-corrected chi connectivity index (χ0v) is 20.7. The van der Waals surface area contributed by atoms with Gasteiger partial charge in [-0.2, -0.15) is 0 Å². The first-order valence-corrected chi connectivity index (χ1v) is 12.5. The lowest BCUT2D eigenvalue weighted by molar-refractivity contribution is 0.0221. The van der Waals surface area contributed by atoms with Gasteiger partial charge in [0.2, 0.25) is 9.04 Å². The maximum absolute atomic E-state index is 12.5. The summed E-state index contributed by atoms with van der Waals surface area (Å²) >= 11 is 0. The van der Waals surface area contributed by atoms with Gasteiger partial charge in [-0.1, -0.05) is 81.4 Å². The van der Waals surface area contributed by atoms with E-state index in [4.69, 9.17) is 9.16 Å². The predicted octanol–water partition coefficient (Wildman–Crippen LogP) is 3.23. The van der Waals surface area contributed by atoms with Crippen LogP contribution in [-0.4, -0.2) is 44.6 Å². The third-order valence-corrected chi connectivity index (χ3v) is 7.39. The Morgan fingerprint density at radius 2 is 1.42 bits per heavy atom. The number of nitrogens with one attached hydrogen (secondary N) is 1. The molecular weight excluding hydrogens is 406 g/mol. The van der Waals surface area contributed by atoms with Gasteiger partial charge in [0.1, 0.15) is 5.60 Å². The van der Waals surface area contributed by atoms with E-state index >= 15 is 0 Å². The van der Waals surface area contributed by atoms with Gasteiger partial charge in [0, 0.05) is 6.61 Å². The molecule has 6 heteroatoms. The van der Waals surface area contributed by atoms with Gasteiger partial charge < -0.3 is 19.6 Å². The highest BCUT2D eigenvalue weighted by Gasteiger charge is 2.37. The van der Waals surface area contributed by atoms with Crippen molar-refractivity contribution in [2.75, 3.05) is 6.61 Å². The molecule has 0 heterocycles. The van der Waals surface area contributed by atoms with Crippen molar-refractivity contribution >= 4 is 25.5 Å². The fraction of sp³-hybridized carbons (Fsp3) is 0.480. The van der Waals surface area contributed by atoms with Crippen LogP contribution >= 0.6 is 0 Å². The molecule has 0 saturated heterocycles. The monoisotopic (exact) mass is 443 g/mol. The molecule has 31 heavy (non-hydrogen) atoms. The topological polar surface area (TPSA) is 67.8 Å². The molecule has 170 valence electrons. The highest BCUT2D eigenvalue weighted by Crippen LogP contribution is 2.27. The Balaban J connectivity index is 2.38. The van der Waals surface area contributed by atoms with E-state index in [9.17, 15) is 9.90 Å². The van der Waals surface area contributed by atoms with Crippen LogP contribution in [0.1, 0.15) is 48.0 Å². The van der Waals surface area contributed by atoms with Gasteiger partial charge >= 0.3 is 6.09 Å². The van der Waals surface area contributed by atoms with Gasteiger partial charge in [0.15, 0.2) is 0 Å². The van der Waals surface area contributed by atoms with E-state index in [1.54, 1.807) is 0 Å². The number of rotatable bonds is 8. The summed E-state index contributed by atoms with van der Waals surface area (Å²) in [6.07, 6.45) is -0.433. The van der Waals surface area contributed by atoms with Gasteiger partial charge in [0.05, 0.1) is 12.1 Å². The van der Waals surface area contributed by atoms with Crippen molar-refractivity contribution in [3.8, 4) is 0 Å². The summed E-state index contributed by atoms with van der Waals surface area (Å²) < 4.78 is 12.4. The van der Waals surface area contributed by atoms with Crippen molar-refractivity contribution in [1.82, 2.24) is 5.32 Å². The summed E-state index contributed by atoms with van der Waals surface area (Å²) in [5, 5.41) is 15.0. The zero-order valence-electron chi connectivity index (χ0n) is 19.6. The second-order valence-corrected chi connectivity index (χ2v) is 12.3. The Morgan fingerprint density at radius 1 is 0.935 bits per heavy atom. The summed E-state index contributed by atoms with van der Waals surface area (Å²) in [6.45, 7) is 11.7. The number of amides is 1. The van der Waals surface area contributed by atoms with Crippen LogP contribution in [-0.2, 0) is 9.16 Å². The summed E-state index contributed by atoms with van der Waals surface area (Å²) in [5.74, 6) is 0. The quantitative estimate of drug-likeness (QED) is 0.615. The molecule has 0 radical (unpaired) electrons. The molecule has 2 aromatic carbocycles. The standard InChI is InChI=1S/C25H37NO4Si/c1-24(2,3)22(21(17-18-27)26-23(28)29-25(4,5)6)30-31(19-13-9-7-10-14-19)20-15-11-8-12-16-20/h7-16,21-22,27,31H,17-18H2,1-6H3,(H,26,28)/t21-,22?/m0/s1. The maximum Gasteiger partial charge on any atom is 0.407 e. The Labute approximate surface area is 188 Å². The fourth-order valence-corrected chi connectivity index (χ4v) is 6.29. The number of benzene rings is 2. The number of hydrogen-bond donors (Lipinski definition) is 2. The smallest absolute Gasteiger partial charge is 0.407 e. The van der Waals surface area contributed by atoms with E-state index in [1.165, 1.54) is 10.4 Å². The van der Waals surface area contributed by atoms with E-state index in [-0.39, 0.29) is 24.2 Å². The molecule has 0 fully saturated rings. The van der Waals surface area contributed by atoms with Crippen molar-refractivity contribution in [2.45, 2.75) is 65.7 Å². The number of aliphatic hydroxyl groups is 1. The molecule has 0 aliphatic rings. The molecule has 0 spiro atoms. The molecule has 1 unspecified atom stereocenters. The minimum atomic E-state index is -2.05. The van der Waals surface area contributed by atoms with E-state index in [0.29, 0.717) is 6.42 Å². The fourth-order valence-electron chi connectivity index (χ4n) is 3.55. The van der Waals surface area contributed by atoms with Crippen molar-refractivity contribution in [3.63, 3.8) is 0 Å². The van der Waals surface area contributed by atoms with Crippen LogP contribution in [0.2, 0.25) is 0 Å². The number of hydrogen-bond acceptors (Lipinski definition) is 4. The number of aliphatic hydroxyl groups excluding tert-OH is 1. The second-order valence-electron chi connectivity index (χ2n) is 9.89. The van der Waals surface area contributed by atoms with Gasteiger partial charge in [0.25, 0.3) is 0 Å². The van der Waals surface area contributed by atoms with E-state index < -0.39 is 20.7 Å². The lowest BCUT2D eigenvalue weighted by atomic mass is 9.83. The van der Waals surface area contributed by atoms with Crippen LogP contribution in [0.3, 0.4) is 0 Å². The first kappa shape index (κ1) is 25.1. The van der Waals surface area contributed by atoms with Crippen molar-refractivity contribution in [2.24, 2.45) is 5.41 Å². The number of carbonyl (C=O) groups is 1. The first-order valence-electron chi connectivity index (χ1n) is 10.9. The first-order chi connectivity index (χ1) is 14.5. The summed E-state index contributed by atoms with van der Waals surface area (Å²) in [6, 6.07) is 20.1. The number of alkyl carbamates (subject to hydrolysis) is 1. The maximum atomic E-state index is 12.5. The SMILES string of the molecule is CC(C)(C)OC(=O)N[C@@H](CCO)C(O[SiH](c1ccccc1)c1ccccc1)C(C)(C)C. The Kier molecular flexibility index (Phi) is 8.86. The number of ether oxygens (including phenoxy) is 1. The Hall–Kier alpha value is -2.15. The van der Waals surface area contributed by atoms with Crippen LogP contribution in [0, 0.1) is 5.41 Å². The zero-order chi connectivity index (χ0) is 23.1. The van der Waals surface area contributed by atoms with E-state index in [1.807, 2.05) is 57.2 Å². The number of carbonyl (C=O) groups excluding carboxylic acids is 1. The van der Waals surface area contributed by atoms with Crippen LogP contribution in [0.4, 0.5) is 4.79 Å². The largest absolute Gasteiger partial charge is 0.444 e. The average Bonchev–Trinajstić information content (AvgIpc) is 2.67. The molecule has 0 aromatic heterocycles. The van der Waals surface area contributed by atoms with Crippen molar-refractivity contribution in [3.05, 3.63) is 60.7 Å². The third-order valence-electron chi connectivity index (χ3n) is 4.85. The predicted molar refractivity (Wildman–Crippen MR) is 128 cm³/mol. The molecular formula is C25H37NO4Si. The van der Waals surface area contributed by atoms with Gasteiger partial charge in [-0.15, -0.1) is 0 Å². The molecule has 2 rings (SSSR count). The molecule has 2 aromatic rings. The second kappa shape index (κ2) is 10.9. The van der Waals surface area contributed by atoms with Crippen LogP contribution in [0.25, 0.3) is 0 Å². The minimum absolute atomic E-state index is 0.0562. The molecule has 1 amide bonds. The molecule has 0 aliphatic heterocycles. The van der Waals surface area contributed by atoms with E-state index in [0.717, 1.165) is 0 Å². The third kappa shape index (κ3) is 8.13. The highest BCUT2D eigenvalue weighted by molar-refractivity contribution is 6.80. The minimum Gasteiger partial charge on any atom is -0.444 e.